The van der Waals surface area contributed by atoms with Crippen LogP contribution in [0, 0.1) is 6.92 Å². The summed E-state index contributed by atoms with van der Waals surface area (Å²) < 4.78 is 3.96. The zero-order valence-electron chi connectivity index (χ0n) is 9.33. The summed E-state index contributed by atoms with van der Waals surface area (Å²) in [4.78, 5) is 14.9. The largest absolute Gasteiger partial charge is 0.275 e. The zero-order valence-corrected chi connectivity index (χ0v) is 10.9. The average Bonchev–Trinajstić information content (AvgIpc) is 2.83. The lowest BCUT2D eigenvalue weighted by Gasteiger charge is -2.11. The first-order valence-corrected chi connectivity index (χ1v) is 5.57. The number of amides is 1. The molecule has 0 bridgehead atoms. The van der Waals surface area contributed by atoms with Gasteiger partial charge in [-0.2, -0.15) is 10.2 Å². The fraction of sp³-hybridized carbons (Fsp3) is 0.222. The summed E-state index contributed by atoms with van der Waals surface area (Å²) in [5, 5.41) is 5.03. The van der Waals surface area contributed by atoms with Crippen molar-refractivity contribution >= 4 is 22.3 Å². The number of rotatable bonds is 3. The van der Waals surface area contributed by atoms with E-state index in [0.29, 0.717) is 17.9 Å². The molecule has 0 saturated carbocycles. The van der Waals surface area contributed by atoms with E-state index in [1.54, 1.807) is 24.0 Å². The number of nitrogens with zero attached hydrogens (tertiary/aromatic N) is 5. The van der Waals surface area contributed by atoms with Crippen LogP contribution in [-0.4, -0.2) is 25.9 Å². The molecule has 0 aliphatic heterocycles. The van der Waals surface area contributed by atoms with Crippen molar-refractivity contribution in [3.63, 3.8) is 0 Å². The van der Waals surface area contributed by atoms with Crippen molar-refractivity contribution in [3.8, 4) is 11.3 Å². The van der Waals surface area contributed by atoms with Crippen LogP contribution in [0.3, 0.4) is 0 Å². The quantitative estimate of drug-likeness (QED) is 0.383. The van der Waals surface area contributed by atoms with Crippen molar-refractivity contribution in [2.45, 2.75) is 6.92 Å². The zero-order chi connectivity index (χ0) is 12.6. The number of carbonyl (C=O) groups is 1. The van der Waals surface area contributed by atoms with Crippen molar-refractivity contribution in [1.82, 2.24) is 19.4 Å². The minimum Gasteiger partial charge on any atom is -0.275 e. The maximum Gasteiger partial charge on any atom is 0.243 e. The van der Waals surface area contributed by atoms with Gasteiger partial charge < -0.3 is 0 Å². The van der Waals surface area contributed by atoms with Crippen LogP contribution in [0.25, 0.3) is 11.3 Å². The molecule has 90 valence electrons. The molecule has 0 fully saturated rings. The molecule has 2 heterocycles. The number of nitrogens with two attached hydrogens (primary N) is 1. The Balaban J connectivity index is 2.48. The van der Waals surface area contributed by atoms with Crippen LogP contribution in [0.2, 0.25) is 0 Å². The van der Waals surface area contributed by atoms with Crippen molar-refractivity contribution in [2.24, 2.45) is 12.9 Å². The van der Waals surface area contributed by atoms with Crippen LogP contribution in [0.15, 0.2) is 17.0 Å². The lowest BCUT2D eigenvalue weighted by atomic mass is 10.3. The van der Waals surface area contributed by atoms with Gasteiger partial charge in [-0.3, -0.25) is 9.48 Å². The smallest absolute Gasteiger partial charge is 0.243 e. The fourth-order valence-electron chi connectivity index (χ4n) is 1.47. The Morgan fingerprint density at radius 3 is 2.82 bits per heavy atom. The fourth-order valence-corrected chi connectivity index (χ4v) is 1.87. The molecule has 0 saturated heterocycles. The first-order valence-electron chi connectivity index (χ1n) is 4.78. The standard InChI is InChI=1S/C9H11BrN6O/c1-6-13-8(4-15(6)16(11)5-17)7-3-12-14(2)9(7)10/h3-5H,11H2,1-2H3. The number of aromatic nitrogens is 4. The monoisotopic (exact) mass is 298 g/mol. The van der Waals surface area contributed by atoms with Gasteiger partial charge in [-0.25, -0.2) is 15.5 Å². The van der Waals surface area contributed by atoms with Gasteiger partial charge in [0.15, 0.2) is 0 Å². The highest BCUT2D eigenvalue weighted by atomic mass is 79.9. The number of hydrazine groups is 1. The lowest BCUT2D eigenvalue weighted by molar-refractivity contribution is -0.108. The molecule has 8 heteroatoms. The SMILES string of the molecule is Cc1nc(-c2cnn(C)c2Br)cn1N(N)C=O. The van der Waals surface area contributed by atoms with E-state index in [4.69, 9.17) is 5.84 Å². The highest BCUT2D eigenvalue weighted by Gasteiger charge is 2.14. The third-order valence-corrected chi connectivity index (χ3v) is 3.30. The van der Waals surface area contributed by atoms with Crippen LogP contribution < -0.4 is 11.0 Å². The van der Waals surface area contributed by atoms with Gasteiger partial charge in [0.05, 0.1) is 23.7 Å². The van der Waals surface area contributed by atoms with Crippen LogP contribution >= 0.6 is 15.9 Å². The minimum atomic E-state index is 0.511. The van der Waals surface area contributed by atoms with Gasteiger partial charge >= 0.3 is 0 Å². The van der Waals surface area contributed by atoms with Crippen molar-refractivity contribution in [2.75, 3.05) is 5.12 Å². The van der Waals surface area contributed by atoms with E-state index < -0.39 is 0 Å². The minimum absolute atomic E-state index is 0.511. The van der Waals surface area contributed by atoms with Gasteiger partial charge in [0, 0.05) is 7.05 Å². The molecule has 7 nitrogen and oxygen atoms in total. The third kappa shape index (κ3) is 1.96. The highest BCUT2D eigenvalue weighted by Crippen LogP contribution is 2.26. The van der Waals surface area contributed by atoms with E-state index in [1.165, 1.54) is 4.68 Å². The number of carbonyl (C=O) groups excluding carboxylic acids is 1. The Bertz CT molecular complexity index is 560. The van der Waals surface area contributed by atoms with Gasteiger partial charge in [-0.05, 0) is 22.9 Å². The molecule has 0 atom stereocenters. The van der Waals surface area contributed by atoms with Gasteiger partial charge in [-0.1, -0.05) is 0 Å². The van der Waals surface area contributed by atoms with Crippen molar-refractivity contribution in [3.05, 3.63) is 22.8 Å². The van der Waals surface area contributed by atoms with E-state index in [2.05, 4.69) is 26.0 Å². The second kappa shape index (κ2) is 4.30. The van der Waals surface area contributed by atoms with Crippen LogP contribution in [0.4, 0.5) is 0 Å². The van der Waals surface area contributed by atoms with E-state index in [9.17, 15) is 4.79 Å². The molecule has 0 spiro atoms. The number of hydrogen-bond acceptors (Lipinski definition) is 4. The second-order valence-corrected chi connectivity index (χ2v) is 4.23. The predicted molar refractivity (Wildman–Crippen MR) is 65.3 cm³/mol. The number of imidazole rings is 1. The summed E-state index contributed by atoms with van der Waals surface area (Å²) in [6.45, 7) is 1.76. The van der Waals surface area contributed by atoms with Gasteiger partial charge in [0.25, 0.3) is 0 Å². The molecule has 0 aliphatic rings. The van der Waals surface area contributed by atoms with Crippen LogP contribution in [-0.2, 0) is 11.8 Å². The summed E-state index contributed by atoms with van der Waals surface area (Å²) in [7, 11) is 1.82. The first-order chi connectivity index (χ1) is 8.04. The summed E-state index contributed by atoms with van der Waals surface area (Å²) in [5.74, 6) is 6.10. The number of aryl methyl sites for hydroxylation is 2. The lowest BCUT2D eigenvalue weighted by Crippen LogP contribution is -2.40. The molecule has 0 aliphatic carbocycles. The molecule has 17 heavy (non-hydrogen) atoms. The maximum atomic E-state index is 10.6. The Morgan fingerprint density at radius 1 is 1.59 bits per heavy atom. The Labute approximate surface area is 106 Å². The molecule has 0 aromatic carbocycles. The predicted octanol–water partition coefficient (Wildman–Crippen LogP) is 0.323. The van der Waals surface area contributed by atoms with Crippen LogP contribution in [0.5, 0.6) is 0 Å². The molecular formula is C9H11BrN6O. The molecule has 2 N–H and O–H groups in total. The number of halogens is 1. The maximum absolute atomic E-state index is 10.6. The summed E-state index contributed by atoms with van der Waals surface area (Å²) in [6, 6.07) is 0. The van der Waals surface area contributed by atoms with E-state index in [-0.39, 0.29) is 0 Å². The molecule has 2 aromatic rings. The normalized spacial score (nSPS) is 10.6. The van der Waals surface area contributed by atoms with E-state index in [1.807, 2.05) is 7.05 Å². The van der Waals surface area contributed by atoms with Crippen molar-refractivity contribution < 1.29 is 4.79 Å². The van der Waals surface area contributed by atoms with E-state index in [0.717, 1.165) is 15.3 Å². The Hall–Kier alpha value is -1.67. The summed E-state index contributed by atoms with van der Waals surface area (Å²) in [6.07, 6.45) is 3.88. The molecule has 2 aromatic heterocycles. The molecule has 2 rings (SSSR count). The first kappa shape index (κ1) is 11.8. The topological polar surface area (TPSA) is 82.0 Å². The highest BCUT2D eigenvalue weighted by molar-refractivity contribution is 9.10. The summed E-state index contributed by atoms with van der Waals surface area (Å²) in [5.41, 5.74) is 1.54. The molecule has 1 amide bonds. The summed E-state index contributed by atoms with van der Waals surface area (Å²) >= 11 is 3.41. The van der Waals surface area contributed by atoms with Crippen molar-refractivity contribution in [1.29, 1.82) is 0 Å². The van der Waals surface area contributed by atoms with Gasteiger partial charge in [0.1, 0.15) is 10.4 Å². The third-order valence-electron chi connectivity index (χ3n) is 2.36. The van der Waals surface area contributed by atoms with Gasteiger partial charge in [-0.15, -0.1) is 0 Å². The molecule has 0 radical (unpaired) electrons. The second-order valence-electron chi connectivity index (χ2n) is 3.48. The van der Waals surface area contributed by atoms with Gasteiger partial charge in [0.2, 0.25) is 6.41 Å². The molecular weight excluding hydrogens is 288 g/mol. The Morgan fingerprint density at radius 2 is 2.29 bits per heavy atom. The molecule has 0 unspecified atom stereocenters. The van der Waals surface area contributed by atoms with Crippen LogP contribution in [0.1, 0.15) is 5.82 Å². The van der Waals surface area contributed by atoms with E-state index >= 15 is 0 Å². The average molecular weight is 299 g/mol. The number of hydrogen-bond donors (Lipinski definition) is 1. The Kier molecular flexibility index (Phi) is 2.99.